The number of hydrogen-bond donors (Lipinski definition) is 1. The Bertz CT molecular complexity index is 1000. The number of hydrogen-bond acceptors (Lipinski definition) is 5. The first kappa shape index (κ1) is 20.6. The van der Waals surface area contributed by atoms with Gasteiger partial charge >= 0.3 is 0 Å². The molecule has 2 aromatic rings. The summed E-state index contributed by atoms with van der Waals surface area (Å²) in [6, 6.07) is 10.1. The Morgan fingerprint density at radius 1 is 1.07 bits per heavy atom. The normalized spacial score (nSPS) is 15.5. The predicted octanol–water partition coefficient (Wildman–Crippen LogP) is 3.06. The highest BCUT2D eigenvalue weighted by Crippen LogP contribution is 2.30. The molecule has 1 fully saturated rings. The quantitative estimate of drug-likeness (QED) is 0.821. The van der Waals surface area contributed by atoms with Gasteiger partial charge in [0.05, 0.1) is 16.3 Å². The molecule has 28 heavy (non-hydrogen) atoms. The summed E-state index contributed by atoms with van der Waals surface area (Å²) in [5.74, 6) is -0.373. The lowest BCUT2D eigenvalue weighted by Gasteiger charge is -2.35. The number of halogens is 1. The second-order valence-corrected chi connectivity index (χ2v) is 9.58. The zero-order chi connectivity index (χ0) is 20.5. The van der Waals surface area contributed by atoms with Crippen molar-refractivity contribution in [1.82, 2.24) is 4.90 Å². The summed E-state index contributed by atoms with van der Waals surface area (Å²) >= 11 is 6.16. The summed E-state index contributed by atoms with van der Waals surface area (Å²) in [5.41, 5.74) is 2.42. The minimum absolute atomic E-state index is 0.158. The van der Waals surface area contributed by atoms with Gasteiger partial charge in [-0.15, -0.1) is 0 Å². The van der Waals surface area contributed by atoms with Crippen molar-refractivity contribution in [2.45, 2.75) is 11.8 Å². The number of piperazine rings is 1. The summed E-state index contributed by atoms with van der Waals surface area (Å²) in [6.07, 6.45) is 1.14. The van der Waals surface area contributed by atoms with Gasteiger partial charge in [0, 0.05) is 43.0 Å². The molecule has 1 saturated heterocycles. The van der Waals surface area contributed by atoms with E-state index in [1.807, 2.05) is 6.07 Å². The maximum absolute atomic E-state index is 12.8. The molecule has 6 nitrogen and oxygen atoms in total. The van der Waals surface area contributed by atoms with E-state index in [9.17, 15) is 13.2 Å². The fourth-order valence-electron chi connectivity index (χ4n) is 3.27. The van der Waals surface area contributed by atoms with Crippen LogP contribution in [0.2, 0.25) is 5.02 Å². The molecular formula is C20H24ClN3O3S. The molecule has 1 aliphatic rings. The highest BCUT2D eigenvalue weighted by atomic mass is 35.5. The van der Waals surface area contributed by atoms with Gasteiger partial charge in [-0.3, -0.25) is 4.79 Å². The van der Waals surface area contributed by atoms with Crippen LogP contribution in [0.5, 0.6) is 0 Å². The first-order chi connectivity index (χ1) is 13.1. The number of rotatable bonds is 4. The van der Waals surface area contributed by atoms with Crippen molar-refractivity contribution < 1.29 is 13.2 Å². The highest BCUT2D eigenvalue weighted by molar-refractivity contribution is 7.90. The fourth-order valence-corrected chi connectivity index (χ4v) is 4.43. The third-order valence-corrected chi connectivity index (χ3v) is 6.37. The number of amides is 1. The zero-order valence-electron chi connectivity index (χ0n) is 16.2. The van der Waals surface area contributed by atoms with Crippen molar-refractivity contribution in [3.05, 3.63) is 52.5 Å². The first-order valence-electron chi connectivity index (χ1n) is 9.00. The average molecular weight is 422 g/mol. The van der Waals surface area contributed by atoms with Gasteiger partial charge in [-0.1, -0.05) is 17.7 Å². The molecule has 0 spiro atoms. The third-order valence-electron chi connectivity index (χ3n) is 4.90. The second-order valence-electron chi connectivity index (χ2n) is 7.16. The van der Waals surface area contributed by atoms with Gasteiger partial charge in [0.1, 0.15) is 0 Å². The number of likely N-dealkylation sites (N-methyl/N-ethyl adjacent to an activating group) is 1. The maximum atomic E-state index is 12.8. The molecule has 0 saturated carbocycles. The summed E-state index contributed by atoms with van der Waals surface area (Å²) in [7, 11) is -1.33. The lowest BCUT2D eigenvalue weighted by Crippen LogP contribution is -2.44. The van der Waals surface area contributed by atoms with Gasteiger partial charge in [0.2, 0.25) is 0 Å². The van der Waals surface area contributed by atoms with Crippen LogP contribution < -0.4 is 10.2 Å². The molecule has 150 valence electrons. The van der Waals surface area contributed by atoms with Crippen LogP contribution in [0.1, 0.15) is 15.9 Å². The summed E-state index contributed by atoms with van der Waals surface area (Å²) in [5, 5.41) is 3.42. The van der Waals surface area contributed by atoms with Crippen LogP contribution in [-0.2, 0) is 9.84 Å². The number of benzene rings is 2. The monoisotopic (exact) mass is 421 g/mol. The third kappa shape index (κ3) is 4.66. The number of carbonyl (C=O) groups excluding carboxylic acids is 1. The second kappa shape index (κ2) is 8.11. The predicted molar refractivity (Wildman–Crippen MR) is 113 cm³/mol. The van der Waals surface area contributed by atoms with Crippen molar-refractivity contribution in [2.75, 3.05) is 49.7 Å². The molecule has 8 heteroatoms. The van der Waals surface area contributed by atoms with Gasteiger partial charge in [-0.25, -0.2) is 8.42 Å². The van der Waals surface area contributed by atoms with Gasteiger partial charge in [-0.2, -0.15) is 0 Å². The molecule has 0 radical (unpaired) electrons. The van der Waals surface area contributed by atoms with Crippen molar-refractivity contribution in [1.29, 1.82) is 0 Å². The van der Waals surface area contributed by atoms with Crippen LogP contribution in [0.15, 0.2) is 41.3 Å². The Labute approximate surface area is 171 Å². The smallest absolute Gasteiger partial charge is 0.255 e. The Balaban J connectivity index is 1.89. The van der Waals surface area contributed by atoms with E-state index in [1.165, 1.54) is 6.07 Å². The van der Waals surface area contributed by atoms with Gasteiger partial charge < -0.3 is 15.1 Å². The molecule has 1 N–H and O–H groups in total. The van der Waals surface area contributed by atoms with Crippen molar-refractivity contribution >= 4 is 38.7 Å². The standard InChI is InChI=1S/C20H24ClN3O3S/c1-14-4-5-15(12-19(14)28(3,26)27)20(25)22-17-13-16(21)6-7-18(17)24-10-8-23(2)9-11-24/h4-7,12-13H,8-11H2,1-3H3,(H,22,25). The van der Waals surface area contributed by atoms with E-state index >= 15 is 0 Å². The van der Waals surface area contributed by atoms with E-state index < -0.39 is 9.84 Å². The first-order valence-corrected chi connectivity index (χ1v) is 11.3. The van der Waals surface area contributed by atoms with Gasteiger partial charge in [0.15, 0.2) is 9.84 Å². The Kier molecular flexibility index (Phi) is 5.98. The van der Waals surface area contributed by atoms with Crippen molar-refractivity contribution in [2.24, 2.45) is 0 Å². The number of nitrogens with zero attached hydrogens (tertiary/aromatic N) is 2. The van der Waals surface area contributed by atoms with Crippen LogP contribution in [-0.4, -0.2) is 58.7 Å². The number of anilines is 2. The fraction of sp³-hybridized carbons (Fsp3) is 0.350. The van der Waals surface area contributed by atoms with Crippen LogP contribution >= 0.6 is 11.6 Å². The average Bonchev–Trinajstić information content (AvgIpc) is 2.62. The van der Waals surface area contributed by atoms with Crippen LogP contribution in [0.4, 0.5) is 11.4 Å². The number of nitrogens with one attached hydrogen (secondary N) is 1. The minimum atomic E-state index is -3.41. The molecule has 2 aromatic carbocycles. The molecule has 3 rings (SSSR count). The minimum Gasteiger partial charge on any atom is -0.367 e. The molecule has 0 aliphatic carbocycles. The van der Waals surface area contributed by atoms with E-state index in [2.05, 4.69) is 22.2 Å². The largest absolute Gasteiger partial charge is 0.367 e. The SMILES string of the molecule is Cc1ccc(C(=O)Nc2cc(Cl)ccc2N2CCN(C)CC2)cc1S(C)(=O)=O. The highest BCUT2D eigenvalue weighted by Gasteiger charge is 2.20. The zero-order valence-corrected chi connectivity index (χ0v) is 17.8. The van der Waals surface area contributed by atoms with Crippen LogP contribution in [0.3, 0.4) is 0 Å². The molecule has 1 aliphatic heterocycles. The van der Waals surface area contributed by atoms with E-state index in [1.54, 1.807) is 31.2 Å². The summed E-state index contributed by atoms with van der Waals surface area (Å²) < 4.78 is 23.9. The lowest BCUT2D eigenvalue weighted by atomic mass is 10.1. The molecule has 0 atom stereocenters. The van der Waals surface area contributed by atoms with E-state index in [-0.39, 0.29) is 16.4 Å². The molecule has 1 amide bonds. The summed E-state index contributed by atoms with van der Waals surface area (Å²) in [4.78, 5) is 17.5. The number of aryl methyl sites for hydroxylation is 1. The Hall–Kier alpha value is -2.09. The topological polar surface area (TPSA) is 69.7 Å². The van der Waals surface area contributed by atoms with Gasteiger partial charge in [-0.05, 0) is 49.9 Å². The number of carbonyl (C=O) groups is 1. The van der Waals surface area contributed by atoms with Gasteiger partial charge in [0.25, 0.3) is 5.91 Å². The summed E-state index contributed by atoms with van der Waals surface area (Å²) in [6.45, 7) is 5.28. The van der Waals surface area contributed by atoms with E-state index in [0.29, 0.717) is 16.3 Å². The van der Waals surface area contributed by atoms with Crippen molar-refractivity contribution in [3.63, 3.8) is 0 Å². The Morgan fingerprint density at radius 2 is 1.75 bits per heavy atom. The molecule has 0 unspecified atom stereocenters. The lowest BCUT2D eigenvalue weighted by molar-refractivity contribution is 0.102. The van der Waals surface area contributed by atoms with Crippen LogP contribution in [0, 0.1) is 6.92 Å². The number of sulfone groups is 1. The maximum Gasteiger partial charge on any atom is 0.255 e. The molecular weight excluding hydrogens is 398 g/mol. The molecule has 1 heterocycles. The molecule has 0 bridgehead atoms. The Morgan fingerprint density at radius 3 is 2.39 bits per heavy atom. The van der Waals surface area contributed by atoms with Crippen LogP contribution in [0.25, 0.3) is 0 Å². The van der Waals surface area contributed by atoms with Crippen molar-refractivity contribution in [3.8, 4) is 0 Å². The van der Waals surface area contributed by atoms with E-state index in [0.717, 1.165) is 38.1 Å². The molecule has 0 aromatic heterocycles. The van der Waals surface area contributed by atoms with E-state index in [4.69, 9.17) is 11.6 Å².